The topological polar surface area (TPSA) is 105 Å². The normalized spacial score (nSPS) is 18.5. The molecule has 1 aromatic heterocycles. The highest BCUT2D eigenvalue weighted by atomic mass is 19.1. The summed E-state index contributed by atoms with van der Waals surface area (Å²) in [5.41, 5.74) is 0.0339. The Balaban J connectivity index is 1.89. The van der Waals surface area contributed by atoms with Gasteiger partial charge in [0.15, 0.2) is 0 Å². The van der Waals surface area contributed by atoms with E-state index in [4.69, 9.17) is 0 Å². The van der Waals surface area contributed by atoms with E-state index in [0.29, 0.717) is 5.69 Å². The molecule has 8 nitrogen and oxygen atoms in total. The number of halogens is 1. The fourth-order valence-electron chi connectivity index (χ4n) is 4.04. The van der Waals surface area contributed by atoms with Gasteiger partial charge in [-0.2, -0.15) is 0 Å². The van der Waals surface area contributed by atoms with Crippen molar-refractivity contribution in [2.45, 2.75) is 57.7 Å². The van der Waals surface area contributed by atoms with Crippen LogP contribution in [0.1, 0.15) is 40.5 Å². The molecule has 1 saturated heterocycles. The molecule has 0 bridgehead atoms. The SMILES string of the molecule is CC1(C)CC(Nc2ncnc(Nc3ccc(F)cc3)c2[N+](=O)[O-])CC(C)(C)N1. The lowest BCUT2D eigenvalue weighted by atomic mass is 9.79. The van der Waals surface area contributed by atoms with Crippen molar-refractivity contribution in [2.24, 2.45) is 0 Å². The third-order valence-corrected chi connectivity index (χ3v) is 4.64. The van der Waals surface area contributed by atoms with Crippen LogP contribution in [0, 0.1) is 15.9 Å². The minimum atomic E-state index is -0.508. The number of piperidine rings is 1. The monoisotopic (exact) mass is 388 g/mol. The van der Waals surface area contributed by atoms with E-state index in [9.17, 15) is 14.5 Å². The van der Waals surface area contributed by atoms with Gasteiger partial charge in [0.25, 0.3) is 0 Å². The van der Waals surface area contributed by atoms with Crippen LogP contribution in [-0.4, -0.2) is 32.0 Å². The highest BCUT2D eigenvalue weighted by Crippen LogP contribution is 2.35. The van der Waals surface area contributed by atoms with Gasteiger partial charge in [-0.1, -0.05) is 0 Å². The molecule has 3 N–H and O–H groups in total. The predicted molar refractivity (Wildman–Crippen MR) is 106 cm³/mol. The summed E-state index contributed by atoms with van der Waals surface area (Å²) in [5.74, 6) is -0.161. The predicted octanol–water partition coefficient (Wildman–Crippen LogP) is 3.99. The number of aromatic nitrogens is 2. The second kappa shape index (κ2) is 7.31. The van der Waals surface area contributed by atoms with Crippen LogP contribution >= 0.6 is 0 Å². The standard InChI is InChI=1S/C19H25FN6O2/c1-18(2)9-14(10-19(3,4)25-18)24-17-15(26(27)28)16(21-11-22-17)23-13-7-5-12(20)6-8-13/h5-8,11,14,25H,9-10H2,1-4H3,(H2,21,22,23,24). The van der Waals surface area contributed by atoms with Crippen LogP contribution in [0.4, 0.5) is 27.4 Å². The van der Waals surface area contributed by atoms with E-state index in [2.05, 4.69) is 53.6 Å². The molecule has 0 radical (unpaired) electrons. The lowest BCUT2D eigenvalue weighted by Gasteiger charge is -2.46. The van der Waals surface area contributed by atoms with E-state index in [-0.39, 0.29) is 40.3 Å². The molecule has 0 atom stereocenters. The van der Waals surface area contributed by atoms with Gasteiger partial charge in [-0.25, -0.2) is 14.4 Å². The molecule has 0 spiro atoms. The number of rotatable bonds is 5. The Morgan fingerprint density at radius 2 is 1.68 bits per heavy atom. The molecular formula is C19H25FN6O2. The minimum absolute atomic E-state index is 0.0125. The fraction of sp³-hybridized carbons (Fsp3) is 0.474. The van der Waals surface area contributed by atoms with Gasteiger partial charge in [-0.05, 0) is 64.8 Å². The highest BCUT2D eigenvalue weighted by Gasteiger charge is 2.38. The van der Waals surface area contributed by atoms with E-state index in [0.717, 1.165) is 12.8 Å². The molecule has 150 valence electrons. The van der Waals surface area contributed by atoms with Crippen molar-refractivity contribution in [3.8, 4) is 0 Å². The van der Waals surface area contributed by atoms with Gasteiger partial charge in [0.1, 0.15) is 12.1 Å². The van der Waals surface area contributed by atoms with E-state index >= 15 is 0 Å². The summed E-state index contributed by atoms with van der Waals surface area (Å²) in [7, 11) is 0. The lowest BCUT2D eigenvalue weighted by molar-refractivity contribution is -0.383. The van der Waals surface area contributed by atoms with Crippen LogP contribution < -0.4 is 16.0 Å². The van der Waals surface area contributed by atoms with Crippen LogP contribution in [0.5, 0.6) is 0 Å². The zero-order chi connectivity index (χ0) is 20.5. The second-order valence-corrected chi connectivity index (χ2v) is 8.45. The number of anilines is 3. The first-order valence-electron chi connectivity index (χ1n) is 9.12. The Morgan fingerprint density at radius 3 is 2.25 bits per heavy atom. The maximum atomic E-state index is 13.1. The largest absolute Gasteiger partial charge is 0.361 e. The summed E-state index contributed by atoms with van der Waals surface area (Å²) in [4.78, 5) is 19.4. The quantitative estimate of drug-likeness (QED) is 0.525. The number of nitrogens with zero attached hydrogens (tertiary/aromatic N) is 3. The molecule has 1 aromatic carbocycles. The fourth-order valence-corrected chi connectivity index (χ4v) is 4.04. The highest BCUT2D eigenvalue weighted by molar-refractivity contribution is 5.73. The van der Waals surface area contributed by atoms with Crippen LogP contribution in [0.3, 0.4) is 0 Å². The Labute approximate surface area is 163 Å². The van der Waals surface area contributed by atoms with Crippen LogP contribution in [0.2, 0.25) is 0 Å². The third-order valence-electron chi connectivity index (χ3n) is 4.64. The molecule has 9 heteroatoms. The molecule has 1 fully saturated rings. The van der Waals surface area contributed by atoms with Gasteiger partial charge in [-0.15, -0.1) is 0 Å². The van der Waals surface area contributed by atoms with Crippen molar-refractivity contribution < 1.29 is 9.31 Å². The van der Waals surface area contributed by atoms with Crippen molar-refractivity contribution in [3.63, 3.8) is 0 Å². The molecule has 0 saturated carbocycles. The maximum Gasteiger partial charge on any atom is 0.353 e. The molecule has 0 aliphatic carbocycles. The first-order chi connectivity index (χ1) is 13.0. The number of benzene rings is 1. The van der Waals surface area contributed by atoms with Crippen molar-refractivity contribution in [1.29, 1.82) is 0 Å². The van der Waals surface area contributed by atoms with Gasteiger partial charge in [-0.3, -0.25) is 10.1 Å². The summed E-state index contributed by atoms with van der Waals surface area (Å²) in [6, 6.07) is 5.54. The van der Waals surface area contributed by atoms with E-state index in [1.165, 1.54) is 30.6 Å². The van der Waals surface area contributed by atoms with Gasteiger partial charge in [0.2, 0.25) is 11.6 Å². The summed E-state index contributed by atoms with van der Waals surface area (Å²) < 4.78 is 13.1. The van der Waals surface area contributed by atoms with Gasteiger partial charge in [0, 0.05) is 22.8 Å². The van der Waals surface area contributed by atoms with Crippen molar-refractivity contribution in [3.05, 3.63) is 46.5 Å². The number of hydrogen-bond acceptors (Lipinski definition) is 7. The number of hydrogen-bond donors (Lipinski definition) is 3. The molecule has 0 amide bonds. The van der Waals surface area contributed by atoms with E-state index in [1.807, 2.05) is 0 Å². The second-order valence-electron chi connectivity index (χ2n) is 8.45. The molecule has 28 heavy (non-hydrogen) atoms. The Hall–Kier alpha value is -2.81. The summed E-state index contributed by atoms with van der Waals surface area (Å²) in [5, 5.41) is 21.5. The zero-order valence-electron chi connectivity index (χ0n) is 16.4. The minimum Gasteiger partial charge on any atom is -0.361 e. The molecular weight excluding hydrogens is 363 g/mol. The first kappa shape index (κ1) is 19.9. The van der Waals surface area contributed by atoms with Crippen LogP contribution in [0.25, 0.3) is 0 Å². The molecule has 1 aliphatic heterocycles. The Bertz CT molecular complexity index is 853. The maximum absolute atomic E-state index is 13.1. The lowest BCUT2D eigenvalue weighted by Crippen LogP contribution is -2.60. The smallest absolute Gasteiger partial charge is 0.353 e. The Kier molecular flexibility index (Phi) is 5.20. The van der Waals surface area contributed by atoms with E-state index in [1.54, 1.807) is 0 Å². The average molecular weight is 388 g/mol. The Morgan fingerprint density at radius 1 is 1.11 bits per heavy atom. The molecule has 0 unspecified atom stereocenters. The van der Waals surface area contributed by atoms with Crippen molar-refractivity contribution >= 4 is 23.0 Å². The van der Waals surface area contributed by atoms with Gasteiger partial charge >= 0.3 is 5.69 Å². The van der Waals surface area contributed by atoms with Crippen molar-refractivity contribution in [1.82, 2.24) is 15.3 Å². The average Bonchev–Trinajstić information content (AvgIpc) is 2.54. The van der Waals surface area contributed by atoms with Crippen molar-refractivity contribution in [2.75, 3.05) is 10.6 Å². The number of nitrogens with one attached hydrogen (secondary N) is 3. The van der Waals surface area contributed by atoms with Crippen LogP contribution in [0.15, 0.2) is 30.6 Å². The summed E-state index contributed by atoms with van der Waals surface area (Å²) >= 11 is 0. The van der Waals surface area contributed by atoms with Gasteiger partial charge < -0.3 is 16.0 Å². The third kappa shape index (κ3) is 4.72. The zero-order valence-corrected chi connectivity index (χ0v) is 16.4. The van der Waals surface area contributed by atoms with Gasteiger partial charge in [0.05, 0.1) is 4.92 Å². The molecule has 3 rings (SSSR count). The summed E-state index contributed by atoms with van der Waals surface area (Å²) in [6.45, 7) is 8.44. The molecule has 1 aliphatic rings. The summed E-state index contributed by atoms with van der Waals surface area (Å²) in [6.07, 6.45) is 2.86. The first-order valence-corrected chi connectivity index (χ1v) is 9.12. The van der Waals surface area contributed by atoms with Crippen LogP contribution in [-0.2, 0) is 0 Å². The molecule has 2 heterocycles. The number of nitro groups is 1. The molecule has 2 aromatic rings. The van der Waals surface area contributed by atoms with E-state index < -0.39 is 4.92 Å².